The Morgan fingerprint density at radius 3 is 2.17 bits per heavy atom. The first-order valence-electron chi connectivity index (χ1n) is 5.83. The van der Waals surface area contributed by atoms with E-state index in [0.717, 1.165) is 11.8 Å². The Hall–Kier alpha value is 0. The minimum atomic E-state index is 0.966. The Kier molecular flexibility index (Phi) is 4.72. The molecule has 1 saturated carbocycles. The molecule has 1 aliphatic carbocycles. The van der Waals surface area contributed by atoms with Crippen LogP contribution in [0.25, 0.3) is 0 Å². The van der Waals surface area contributed by atoms with Crippen LogP contribution in [0.5, 0.6) is 0 Å². The molecule has 1 unspecified atom stereocenters. The standard InChI is InChI=1S/C12H24/c1-3-11(2)10-12-8-6-4-5-7-9-12/h11-12H,3-10H2,1-2H3. The van der Waals surface area contributed by atoms with Crippen molar-refractivity contribution >= 4 is 0 Å². The molecule has 0 N–H and O–H groups in total. The molecule has 0 radical (unpaired) electrons. The van der Waals surface area contributed by atoms with Crippen molar-refractivity contribution in [3.8, 4) is 0 Å². The van der Waals surface area contributed by atoms with Crippen LogP contribution >= 0.6 is 0 Å². The molecule has 0 aromatic rings. The van der Waals surface area contributed by atoms with Gasteiger partial charge in [-0.05, 0) is 18.3 Å². The topological polar surface area (TPSA) is 0 Å². The van der Waals surface area contributed by atoms with Crippen molar-refractivity contribution in [1.29, 1.82) is 0 Å². The van der Waals surface area contributed by atoms with Gasteiger partial charge in [-0.15, -0.1) is 0 Å². The van der Waals surface area contributed by atoms with Gasteiger partial charge in [0, 0.05) is 0 Å². The maximum atomic E-state index is 2.41. The van der Waals surface area contributed by atoms with Crippen molar-refractivity contribution < 1.29 is 0 Å². The maximum Gasteiger partial charge on any atom is -0.0412 e. The zero-order valence-corrected chi connectivity index (χ0v) is 8.81. The molecule has 0 aromatic carbocycles. The van der Waals surface area contributed by atoms with E-state index in [1.165, 1.54) is 51.4 Å². The fraction of sp³-hybridized carbons (Fsp3) is 1.00. The van der Waals surface area contributed by atoms with E-state index >= 15 is 0 Å². The van der Waals surface area contributed by atoms with Gasteiger partial charge in [0.25, 0.3) is 0 Å². The minimum absolute atomic E-state index is 0.966. The van der Waals surface area contributed by atoms with Crippen molar-refractivity contribution in [1.82, 2.24) is 0 Å². The van der Waals surface area contributed by atoms with E-state index in [2.05, 4.69) is 13.8 Å². The van der Waals surface area contributed by atoms with E-state index in [4.69, 9.17) is 0 Å². The Morgan fingerprint density at radius 2 is 1.67 bits per heavy atom. The highest BCUT2D eigenvalue weighted by Gasteiger charge is 2.14. The van der Waals surface area contributed by atoms with Crippen molar-refractivity contribution in [2.75, 3.05) is 0 Å². The Morgan fingerprint density at radius 1 is 1.08 bits per heavy atom. The minimum Gasteiger partial charge on any atom is -0.0651 e. The van der Waals surface area contributed by atoms with Gasteiger partial charge >= 0.3 is 0 Å². The summed E-state index contributed by atoms with van der Waals surface area (Å²) in [5.41, 5.74) is 0. The number of hydrogen-bond acceptors (Lipinski definition) is 0. The van der Waals surface area contributed by atoms with E-state index < -0.39 is 0 Å². The molecule has 0 bridgehead atoms. The molecule has 1 rings (SSSR count). The summed E-state index contributed by atoms with van der Waals surface area (Å²) >= 11 is 0. The lowest BCUT2D eigenvalue weighted by Crippen LogP contribution is -2.04. The van der Waals surface area contributed by atoms with Gasteiger partial charge in [0.05, 0.1) is 0 Å². The molecule has 0 amide bonds. The van der Waals surface area contributed by atoms with Gasteiger partial charge in [0.15, 0.2) is 0 Å². The van der Waals surface area contributed by atoms with E-state index in [1.807, 2.05) is 0 Å². The smallest absolute Gasteiger partial charge is 0.0412 e. The summed E-state index contributed by atoms with van der Waals surface area (Å²) in [6.45, 7) is 4.73. The van der Waals surface area contributed by atoms with Crippen LogP contribution in [0.4, 0.5) is 0 Å². The lowest BCUT2D eigenvalue weighted by Gasteiger charge is -2.17. The van der Waals surface area contributed by atoms with Crippen LogP contribution in [0.1, 0.15) is 65.2 Å². The van der Waals surface area contributed by atoms with Gasteiger partial charge < -0.3 is 0 Å². The molecule has 0 nitrogen and oxygen atoms in total. The first-order valence-corrected chi connectivity index (χ1v) is 5.83. The summed E-state index contributed by atoms with van der Waals surface area (Å²) in [5, 5.41) is 0. The second kappa shape index (κ2) is 5.61. The van der Waals surface area contributed by atoms with Crippen molar-refractivity contribution in [2.24, 2.45) is 11.8 Å². The van der Waals surface area contributed by atoms with Gasteiger partial charge in [-0.25, -0.2) is 0 Å². The van der Waals surface area contributed by atoms with Crippen LogP contribution in [-0.4, -0.2) is 0 Å². The molecule has 1 fully saturated rings. The van der Waals surface area contributed by atoms with Gasteiger partial charge in [0.1, 0.15) is 0 Å². The normalized spacial score (nSPS) is 23.5. The first-order chi connectivity index (χ1) is 5.83. The van der Waals surface area contributed by atoms with Crippen molar-refractivity contribution in [3.05, 3.63) is 0 Å². The third kappa shape index (κ3) is 3.60. The molecule has 72 valence electrons. The summed E-state index contributed by atoms with van der Waals surface area (Å²) in [6.07, 6.45) is 11.9. The van der Waals surface area contributed by atoms with E-state index in [0.29, 0.717) is 0 Å². The summed E-state index contributed by atoms with van der Waals surface area (Å²) in [7, 11) is 0. The molecule has 0 aliphatic heterocycles. The Bertz CT molecular complexity index is 98.6. The second-order valence-corrected chi connectivity index (χ2v) is 4.61. The van der Waals surface area contributed by atoms with Crippen LogP contribution in [0.15, 0.2) is 0 Å². The van der Waals surface area contributed by atoms with Crippen LogP contribution in [-0.2, 0) is 0 Å². The van der Waals surface area contributed by atoms with E-state index in [-0.39, 0.29) is 0 Å². The van der Waals surface area contributed by atoms with Gasteiger partial charge in [-0.1, -0.05) is 58.8 Å². The number of rotatable bonds is 3. The third-order valence-electron chi connectivity index (χ3n) is 3.41. The second-order valence-electron chi connectivity index (χ2n) is 4.61. The van der Waals surface area contributed by atoms with Crippen LogP contribution in [0, 0.1) is 11.8 Å². The average molecular weight is 168 g/mol. The molecule has 0 aromatic heterocycles. The maximum absolute atomic E-state index is 2.41. The summed E-state index contributed by atoms with van der Waals surface area (Å²) in [4.78, 5) is 0. The highest BCUT2D eigenvalue weighted by atomic mass is 14.2. The Labute approximate surface area is 77.7 Å². The zero-order chi connectivity index (χ0) is 8.81. The summed E-state index contributed by atoms with van der Waals surface area (Å²) < 4.78 is 0. The molecule has 0 spiro atoms. The van der Waals surface area contributed by atoms with Crippen LogP contribution in [0.3, 0.4) is 0 Å². The molecule has 0 heterocycles. The number of hydrogen-bond donors (Lipinski definition) is 0. The van der Waals surface area contributed by atoms with E-state index in [9.17, 15) is 0 Å². The lowest BCUT2D eigenvalue weighted by atomic mass is 9.89. The highest BCUT2D eigenvalue weighted by molar-refractivity contribution is 4.66. The quantitative estimate of drug-likeness (QED) is 0.548. The predicted molar refractivity (Wildman–Crippen MR) is 55.3 cm³/mol. The van der Waals surface area contributed by atoms with E-state index in [1.54, 1.807) is 0 Å². The zero-order valence-electron chi connectivity index (χ0n) is 8.81. The van der Waals surface area contributed by atoms with Gasteiger partial charge in [-0.2, -0.15) is 0 Å². The van der Waals surface area contributed by atoms with Gasteiger partial charge in [0.2, 0.25) is 0 Å². The largest absolute Gasteiger partial charge is 0.0651 e. The van der Waals surface area contributed by atoms with Crippen molar-refractivity contribution in [3.63, 3.8) is 0 Å². The summed E-state index contributed by atoms with van der Waals surface area (Å²) in [6, 6.07) is 0. The average Bonchev–Trinajstić information content (AvgIpc) is 2.33. The third-order valence-corrected chi connectivity index (χ3v) is 3.41. The van der Waals surface area contributed by atoms with Crippen molar-refractivity contribution in [2.45, 2.75) is 65.2 Å². The van der Waals surface area contributed by atoms with Gasteiger partial charge in [-0.3, -0.25) is 0 Å². The molecule has 12 heavy (non-hydrogen) atoms. The fourth-order valence-corrected chi connectivity index (χ4v) is 2.34. The molecular weight excluding hydrogens is 144 g/mol. The summed E-state index contributed by atoms with van der Waals surface area (Å²) in [5.74, 6) is 2.04. The predicted octanol–water partition coefficient (Wildman–Crippen LogP) is 4.39. The highest BCUT2D eigenvalue weighted by Crippen LogP contribution is 2.28. The monoisotopic (exact) mass is 168 g/mol. The molecule has 0 saturated heterocycles. The first kappa shape index (κ1) is 10.1. The van der Waals surface area contributed by atoms with Crippen LogP contribution in [0.2, 0.25) is 0 Å². The lowest BCUT2D eigenvalue weighted by molar-refractivity contribution is 0.349. The molecule has 1 atom stereocenters. The molecule has 1 aliphatic rings. The van der Waals surface area contributed by atoms with Crippen LogP contribution < -0.4 is 0 Å². The SMILES string of the molecule is CCC(C)CC1CCCCCC1. The molecule has 0 heteroatoms. The molecular formula is C12H24. The fourth-order valence-electron chi connectivity index (χ4n) is 2.34. The Balaban J connectivity index is 2.20.